The summed E-state index contributed by atoms with van der Waals surface area (Å²) < 4.78 is 1.79. The van der Waals surface area contributed by atoms with E-state index >= 15 is 0 Å². The summed E-state index contributed by atoms with van der Waals surface area (Å²) in [6.45, 7) is 0.413. The van der Waals surface area contributed by atoms with Gasteiger partial charge in [-0.15, -0.1) is 5.10 Å². The molecule has 0 atom stereocenters. The molecular weight excluding hydrogens is 434 g/mol. The van der Waals surface area contributed by atoms with Gasteiger partial charge >= 0.3 is 0 Å². The van der Waals surface area contributed by atoms with Gasteiger partial charge in [0.1, 0.15) is 0 Å². The van der Waals surface area contributed by atoms with Crippen molar-refractivity contribution < 1.29 is 4.79 Å². The second kappa shape index (κ2) is 9.14. The zero-order valence-electron chi connectivity index (χ0n) is 17.6. The molecule has 5 rings (SSSR count). The Bertz CT molecular complexity index is 1410. The molecule has 7 heteroatoms. The number of halogens is 1. The van der Waals surface area contributed by atoms with Crippen LogP contribution < -0.4 is 10.6 Å². The number of aromatic nitrogens is 3. The van der Waals surface area contributed by atoms with Gasteiger partial charge < -0.3 is 10.6 Å². The van der Waals surface area contributed by atoms with Crippen molar-refractivity contribution in [3.63, 3.8) is 0 Å². The lowest BCUT2D eigenvalue weighted by Gasteiger charge is -2.08. The molecule has 0 saturated carbocycles. The van der Waals surface area contributed by atoms with E-state index in [4.69, 9.17) is 11.6 Å². The molecule has 0 saturated heterocycles. The monoisotopic (exact) mass is 453 g/mol. The lowest BCUT2D eigenvalue weighted by molar-refractivity contribution is 0.0951. The van der Waals surface area contributed by atoms with E-state index in [0.29, 0.717) is 23.1 Å². The summed E-state index contributed by atoms with van der Waals surface area (Å²) in [6.07, 6.45) is 0. The van der Waals surface area contributed by atoms with Crippen LogP contribution in [0.5, 0.6) is 0 Å². The summed E-state index contributed by atoms with van der Waals surface area (Å²) >= 11 is 6.01. The fraction of sp³-hybridized carbons (Fsp3) is 0.0385. The number of fused-ring (bicyclic) bond motifs is 1. The van der Waals surface area contributed by atoms with E-state index in [-0.39, 0.29) is 5.91 Å². The Balaban J connectivity index is 1.34. The summed E-state index contributed by atoms with van der Waals surface area (Å²) in [5.41, 5.74) is 5.00. The van der Waals surface area contributed by atoms with Crippen LogP contribution in [0.25, 0.3) is 16.9 Å². The first-order valence-corrected chi connectivity index (χ1v) is 10.8. The van der Waals surface area contributed by atoms with Gasteiger partial charge in [0.15, 0.2) is 5.65 Å². The van der Waals surface area contributed by atoms with Gasteiger partial charge in [0.2, 0.25) is 5.95 Å². The number of nitrogens with zero attached hydrogens (tertiary/aromatic N) is 3. The Morgan fingerprint density at radius 1 is 0.879 bits per heavy atom. The lowest BCUT2D eigenvalue weighted by atomic mass is 10.1. The van der Waals surface area contributed by atoms with Crippen LogP contribution >= 0.6 is 11.6 Å². The third kappa shape index (κ3) is 4.71. The molecule has 33 heavy (non-hydrogen) atoms. The SMILES string of the molecule is O=C(NCc1cccc(Cl)c1)c1ccc(-c2cccc3nc(Nc4ccccc4)nn23)cc1. The minimum absolute atomic E-state index is 0.144. The molecule has 0 unspecified atom stereocenters. The highest BCUT2D eigenvalue weighted by Gasteiger charge is 2.11. The smallest absolute Gasteiger partial charge is 0.251 e. The highest BCUT2D eigenvalue weighted by atomic mass is 35.5. The quantitative estimate of drug-likeness (QED) is 0.345. The van der Waals surface area contributed by atoms with Gasteiger partial charge in [-0.05, 0) is 54.1 Å². The number of rotatable bonds is 6. The summed E-state index contributed by atoms with van der Waals surface area (Å²) in [5.74, 6) is 0.375. The Labute approximate surface area is 195 Å². The number of hydrogen-bond donors (Lipinski definition) is 2. The van der Waals surface area contributed by atoms with Crippen molar-refractivity contribution in [1.82, 2.24) is 19.9 Å². The standard InChI is InChI=1S/C26H20ClN5O/c27-21-7-4-6-18(16-21)17-28-25(33)20-14-12-19(13-15-20)23-10-5-11-24-30-26(31-32(23)24)29-22-8-2-1-3-9-22/h1-16H,17H2,(H,28,33)(H,29,31). The van der Waals surface area contributed by atoms with E-state index in [0.717, 1.165) is 28.2 Å². The molecule has 0 bridgehead atoms. The van der Waals surface area contributed by atoms with Crippen LogP contribution in [0.3, 0.4) is 0 Å². The van der Waals surface area contributed by atoms with Crippen LogP contribution in [0.1, 0.15) is 15.9 Å². The molecule has 0 aliphatic rings. The van der Waals surface area contributed by atoms with E-state index in [1.807, 2.05) is 97.1 Å². The maximum atomic E-state index is 12.6. The fourth-order valence-corrected chi connectivity index (χ4v) is 3.76. The van der Waals surface area contributed by atoms with Gasteiger partial charge in [0.25, 0.3) is 5.91 Å². The predicted molar refractivity (Wildman–Crippen MR) is 131 cm³/mol. The van der Waals surface area contributed by atoms with Crippen molar-refractivity contribution >= 4 is 34.8 Å². The number of pyridine rings is 1. The molecule has 0 spiro atoms. The maximum absolute atomic E-state index is 12.6. The second-order valence-electron chi connectivity index (χ2n) is 7.50. The van der Waals surface area contributed by atoms with Gasteiger partial charge in [-0.1, -0.05) is 60.1 Å². The van der Waals surface area contributed by atoms with Crippen LogP contribution in [0.15, 0.2) is 97.1 Å². The summed E-state index contributed by atoms with van der Waals surface area (Å²) in [6, 6.07) is 30.5. The molecule has 2 heterocycles. The van der Waals surface area contributed by atoms with Gasteiger partial charge in [0.05, 0.1) is 5.69 Å². The Morgan fingerprint density at radius 3 is 2.45 bits per heavy atom. The first kappa shape index (κ1) is 20.7. The van der Waals surface area contributed by atoms with E-state index in [1.54, 1.807) is 4.52 Å². The van der Waals surface area contributed by atoms with E-state index in [1.165, 1.54) is 0 Å². The number of para-hydroxylation sites is 1. The minimum atomic E-state index is -0.144. The number of hydrogen-bond acceptors (Lipinski definition) is 4. The molecule has 1 amide bonds. The molecular formula is C26H20ClN5O. The molecule has 0 aliphatic carbocycles. The molecule has 2 N–H and O–H groups in total. The number of benzene rings is 3. The molecule has 3 aromatic carbocycles. The van der Waals surface area contributed by atoms with Crippen molar-refractivity contribution in [3.8, 4) is 11.3 Å². The lowest BCUT2D eigenvalue weighted by Crippen LogP contribution is -2.22. The first-order valence-electron chi connectivity index (χ1n) is 10.5. The number of carbonyl (C=O) groups is 1. The molecule has 2 aromatic heterocycles. The number of nitrogens with one attached hydrogen (secondary N) is 2. The maximum Gasteiger partial charge on any atom is 0.251 e. The molecule has 162 valence electrons. The highest BCUT2D eigenvalue weighted by Crippen LogP contribution is 2.22. The third-order valence-electron chi connectivity index (χ3n) is 5.17. The van der Waals surface area contributed by atoms with Crippen molar-refractivity contribution in [3.05, 3.63) is 113 Å². The Kier molecular flexibility index (Phi) is 5.74. The molecule has 6 nitrogen and oxygen atoms in total. The van der Waals surface area contributed by atoms with Crippen LogP contribution in [-0.4, -0.2) is 20.5 Å². The van der Waals surface area contributed by atoms with Crippen LogP contribution in [0.4, 0.5) is 11.6 Å². The van der Waals surface area contributed by atoms with Crippen LogP contribution in [-0.2, 0) is 6.54 Å². The molecule has 0 aliphatic heterocycles. The van der Waals surface area contributed by atoms with Crippen molar-refractivity contribution in [2.24, 2.45) is 0 Å². The largest absolute Gasteiger partial charge is 0.348 e. The molecule has 5 aromatic rings. The highest BCUT2D eigenvalue weighted by molar-refractivity contribution is 6.30. The number of anilines is 2. The van der Waals surface area contributed by atoms with Gasteiger partial charge in [-0.25, -0.2) is 4.52 Å². The summed E-state index contributed by atoms with van der Waals surface area (Å²) in [5, 5.41) is 11.4. The van der Waals surface area contributed by atoms with Gasteiger partial charge in [-0.3, -0.25) is 4.79 Å². The molecule has 0 fully saturated rings. The zero-order chi connectivity index (χ0) is 22.6. The second-order valence-corrected chi connectivity index (χ2v) is 7.93. The van der Waals surface area contributed by atoms with Gasteiger partial charge in [0, 0.05) is 28.4 Å². The van der Waals surface area contributed by atoms with Crippen molar-refractivity contribution in [2.45, 2.75) is 6.54 Å². The number of carbonyl (C=O) groups excluding carboxylic acids is 1. The van der Waals surface area contributed by atoms with Crippen LogP contribution in [0, 0.1) is 0 Å². The summed E-state index contributed by atoms with van der Waals surface area (Å²) in [4.78, 5) is 17.1. The fourth-order valence-electron chi connectivity index (χ4n) is 3.55. The predicted octanol–water partition coefficient (Wildman–Crippen LogP) is 5.72. The summed E-state index contributed by atoms with van der Waals surface area (Å²) in [7, 11) is 0. The van der Waals surface area contributed by atoms with Crippen molar-refractivity contribution in [1.29, 1.82) is 0 Å². The average molecular weight is 454 g/mol. The average Bonchev–Trinajstić information content (AvgIpc) is 3.26. The Morgan fingerprint density at radius 2 is 1.67 bits per heavy atom. The van der Waals surface area contributed by atoms with E-state index in [2.05, 4.69) is 20.7 Å². The zero-order valence-corrected chi connectivity index (χ0v) is 18.3. The normalized spacial score (nSPS) is 10.8. The van der Waals surface area contributed by atoms with Gasteiger partial charge in [-0.2, -0.15) is 4.98 Å². The Hall–Kier alpha value is -4.16. The van der Waals surface area contributed by atoms with Crippen molar-refractivity contribution in [2.75, 3.05) is 5.32 Å². The first-order chi connectivity index (χ1) is 16.2. The van der Waals surface area contributed by atoms with E-state index < -0.39 is 0 Å². The third-order valence-corrected chi connectivity index (χ3v) is 5.41. The molecule has 0 radical (unpaired) electrons. The number of amides is 1. The topological polar surface area (TPSA) is 71.3 Å². The minimum Gasteiger partial charge on any atom is -0.348 e. The van der Waals surface area contributed by atoms with Crippen LogP contribution in [0.2, 0.25) is 5.02 Å². The van der Waals surface area contributed by atoms with E-state index in [9.17, 15) is 4.79 Å².